The van der Waals surface area contributed by atoms with Crippen LogP contribution >= 0.6 is 0 Å². The van der Waals surface area contributed by atoms with Crippen molar-refractivity contribution in [3.63, 3.8) is 0 Å². The molecule has 0 aromatic heterocycles. The third kappa shape index (κ3) is 5.31. The molecular formula is C15H23NO5S. The van der Waals surface area contributed by atoms with Gasteiger partial charge in [0.1, 0.15) is 17.4 Å². The van der Waals surface area contributed by atoms with Crippen LogP contribution in [-0.4, -0.2) is 33.1 Å². The normalized spacial score (nSPS) is 13.5. The number of ether oxygens (including phenoxy) is 2. The molecule has 1 atom stereocenters. The van der Waals surface area contributed by atoms with E-state index in [4.69, 9.17) is 9.47 Å². The predicted octanol–water partition coefficient (Wildman–Crippen LogP) is 2.09. The Labute approximate surface area is 131 Å². The second-order valence-electron chi connectivity index (χ2n) is 5.79. The van der Waals surface area contributed by atoms with Crippen LogP contribution < -0.4 is 9.46 Å². The predicted molar refractivity (Wildman–Crippen MR) is 83.2 cm³/mol. The lowest BCUT2D eigenvalue weighted by molar-refractivity contribution is -0.157. The molecule has 0 radical (unpaired) electrons. The van der Waals surface area contributed by atoms with Gasteiger partial charge in [-0.1, -0.05) is 6.92 Å². The van der Waals surface area contributed by atoms with Gasteiger partial charge in [-0.15, -0.1) is 0 Å². The van der Waals surface area contributed by atoms with E-state index < -0.39 is 27.6 Å². The van der Waals surface area contributed by atoms with Gasteiger partial charge in [0.25, 0.3) is 0 Å². The van der Waals surface area contributed by atoms with Gasteiger partial charge in [0.2, 0.25) is 10.0 Å². The number of esters is 1. The number of hydrogen-bond acceptors (Lipinski definition) is 5. The van der Waals surface area contributed by atoms with Crippen molar-refractivity contribution >= 4 is 16.0 Å². The lowest BCUT2D eigenvalue weighted by Gasteiger charge is -2.23. The summed E-state index contributed by atoms with van der Waals surface area (Å²) in [7, 11) is -2.31. The van der Waals surface area contributed by atoms with Gasteiger partial charge in [-0.25, -0.2) is 8.42 Å². The van der Waals surface area contributed by atoms with Gasteiger partial charge in [0.05, 0.1) is 12.0 Å². The van der Waals surface area contributed by atoms with Crippen LogP contribution in [0.15, 0.2) is 29.2 Å². The van der Waals surface area contributed by atoms with Crippen molar-refractivity contribution in [3.05, 3.63) is 24.3 Å². The Morgan fingerprint density at radius 3 is 2.18 bits per heavy atom. The first kappa shape index (κ1) is 18.4. The third-order valence-electron chi connectivity index (χ3n) is 2.77. The summed E-state index contributed by atoms with van der Waals surface area (Å²) < 4.78 is 37.2. The van der Waals surface area contributed by atoms with E-state index in [1.54, 1.807) is 39.8 Å². The maximum atomic E-state index is 12.3. The van der Waals surface area contributed by atoms with Crippen molar-refractivity contribution in [2.45, 2.75) is 50.7 Å². The first-order valence-electron chi connectivity index (χ1n) is 6.98. The molecule has 22 heavy (non-hydrogen) atoms. The Morgan fingerprint density at radius 1 is 1.23 bits per heavy atom. The highest BCUT2D eigenvalue weighted by Gasteiger charge is 2.28. The van der Waals surface area contributed by atoms with Crippen LogP contribution in [0.25, 0.3) is 0 Å². The molecule has 1 rings (SSSR count). The van der Waals surface area contributed by atoms with E-state index in [-0.39, 0.29) is 4.90 Å². The summed E-state index contributed by atoms with van der Waals surface area (Å²) in [6.45, 7) is 6.91. The molecule has 0 spiro atoms. The summed E-state index contributed by atoms with van der Waals surface area (Å²) in [4.78, 5) is 12.1. The molecule has 0 aliphatic carbocycles. The Morgan fingerprint density at radius 2 is 1.77 bits per heavy atom. The number of methoxy groups -OCH3 is 1. The van der Waals surface area contributed by atoms with Gasteiger partial charge < -0.3 is 9.47 Å². The molecule has 124 valence electrons. The molecule has 0 saturated heterocycles. The molecule has 0 heterocycles. The monoisotopic (exact) mass is 329 g/mol. The van der Waals surface area contributed by atoms with Gasteiger partial charge in [-0.3, -0.25) is 4.79 Å². The van der Waals surface area contributed by atoms with Gasteiger partial charge in [-0.2, -0.15) is 4.72 Å². The van der Waals surface area contributed by atoms with Crippen LogP contribution in [0, 0.1) is 0 Å². The highest BCUT2D eigenvalue weighted by molar-refractivity contribution is 7.89. The summed E-state index contributed by atoms with van der Waals surface area (Å²) in [6.07, 6.45) is 0.296. The van der Waals surface area contributed by atoms with E-state index in [9.17, 15) is 13.2 Å². The maximum Gasteiger partial charge on any atom is 0.324 e. The first-order chi connectivity index (χ1) is 10.1. The number of rotatable bonds is 6. The Bertz CT molecular complexity index is 602. The zero-order chi connectivity index (χ0) is 17.0. The number of sulfonamides is 1. The van der Waals surface area contributed by atoms with Crippen molar-refractivity contribution in [1.82, 2.24) is 4.72 Å². The molecule has 0 amide bonds. The van der Waals surface area contributed by atoms with Crippen LogP contribution in [0.5, 0.6) is 5.75 Å². The molecule has 1 N–H and O–H groups in total. The molecule has 0 unspecified atom stereocenters. The number of carbonyl (C=O) groups is 1. The maximum absolute atomic E-state index is 12.3. The van der Waals surface area contributed by atoms with E-state index in [2.05, 4.69) is 4.72 Å². The number of benzene rings is 1. The van der Waals surface area contributed by atoms with Crippen LogP contribution in [0.1, 0.15) is 34.1 Å². The largest absolute Gasteiger partial charge is 0.497 e. The molecule has 0 bridgehead atoms. The fourth-order valence-electron chi connectivity index (χ4n) is 1.68. The molecule has 7 heteroatoms. The summed E-state index contributed by atoms with van der Waals surface area (Å²) >= 11 is 0. The van der Waals surface area contributed by atoms with E-state index >= 15 is 0 Å². The SMILES string of the molecule is CC[C@H](NS(=O)(=O)c1ccc(OC)cc1)C(=O)OC(C)(C)C. The zero-order valence-electron chi connectivity index (χ0n) is 13.5. The quantitative estimate of drug-likeness (QED) is 0.808. The lowest BCUT2D eigenvalue weighted by atomic mass is 10.2. The minimum absolute atomic E-state index is 0.0651. The van der Waals surface area contributed by atoms with Gasteiger partial charge in [0, 0.05) is 0 Å². The highest BCUT2D eigenvalue weighted by atomic mass is 32.2. The van der Waals surface area contributed by atoms with E-state index in [0.717, 1.165) is 0 Å². The minimum atomic E-state index is -3.80. The smallest absolute Gasteiger partial charge is 0.324 e. The first-order valence-corrected chi connectivity index (χ1v) is 8.46. The van der Waals surface area contributed by atoms with Crippen LogP contribution in [0.4, 0.5) is 0 Å². The fraction of sp³-hybridized carbons (Fsp3) is 0.533. The number of hydrogen-bond donors (Lipinski definition) is 1. The zero-order valence-corrected chi connectivity index (χ0v) is 14.4. The summed E-state index contributed by atoms with van der Waals surface area (Å²) in [6, 6.07) is 5.00. The van der Waals surface area contributed by atoms with Crippen molar-refractivity contribution in [2.75, 3.05) is 7.11 Å². The molecule has 1 aromatic carbocycles. The van der Waals surface area contributed by atoms with E-state index in [0.29, 0.717) is 12.2 Å². The summed E-state index contributed by atoms with van der Waals surface area (Å²) in [5.41, 5.74) is -0.671. The Balaban J connectivity index is 2.90. The van der Waals surface area contributed by atoms with Crippen molar-refractivity contribution in [2.24, 2.45) is 0 Å². The average Bonchev–Trinajstić information content (AvgIpc) is 2.43. The van der Waals surface area contributed by atoms with Crippen LogP contribution in [0.3, 0.4) is 0 Å². The number of carbonyl (C=O) groups excluding carboxylic acids is 1. The molecule has 0 aliphatic heterocycles. The van der Waals surface area contributed by atoms with Crippen molar-refractivity contribution in [1.29, 1.82) is 0 Å². The van der Waals surface area contributed by atoms with Gasteiger partial charge in [0.15, 0.2) is 0 Å². The van der Waals surface area contributed by atoms with Crippen LogP contribution in [0.2, 0.25) is 0 Å². The summed E-state index contributed by atoms with van der Waals surface area (Å²) in [5.74, 6) is -0.0368. The molecular weight excluding hydrogens is 306 g/mol. The molecule has 1 aromatic rings. The fourth-order valence-corrected chi connectivity index (χ4v) is 2.95. The minimum Gasteiger partial charge on any atom is -0.497 e. The second-order valence-corrected chi connectivity index (χ2v) is 7.51. The lowest BCUT2D eigenvalue weighted by Crippen LogP contribution is -2.43. The molecule has 0 aliphatic rings. The Kier molecular flexibility index (Phi) is 5.96. The number of nitrogens with one attached hydrogen (secondary N) is 1. The second kappa shape index (κ2) is 7.11. The molecule has 0 fully saturated rings. The Hall–Kier alpha value is -1.60. The van der Waals surface area contributed by atoms with Gasteiger partial charge in [-0.05, 0) is 51.5 Å². The van der Waals surface area contributed by atoms with Gasteiger partial charge >= 0.3 is 5.97 Å². The van der Waals surface area contributed by atoms with Crippen molar-refractivity contribution in [3.8, 4) is 5.75 Å². The molecule has 0 saturated carbocycles. The van der Waals surface area contributed by atoms with Crippen molar-refractivity contribution < 1.29 is 22.7 Å². The standard InChI is InChI=1S/C15H23NO5S/c1-6-13(14(17)21-15(2,3)4)16-22(18,19)12-9-7-11(20-5)8-10-12/h7-10,13,16H,6H2,1-5H3/t13-/m0/s1. The summed E-state index contributed by atoms with van der Waals surface area (Å²) in [5, 5.41) is 0. The molecule has 6 nitrogen and oxygen atoms in total. The third-order valence-corrected chi connectivity index (χ3v) is 4.25. The highest BCUT2D eigenvalue weighted by Crippen LogP contribution is 2.17. The van der Waals surface area contributed by atoms with E-state index in [1.807, 2.05) is 0 Å². The topological polar surface area (TPSA) is 81.7 Å². The van der Waals surface area contributed by atoms with Crippen LogP contribution in [-0.2, 0) is 19.6 Å². The van der Waals surface area contributed by atoms with E-state index in [1.165, 1.54) is 19.2 Å². The average molecular weight is 329 g/mol.